The molecule has 0 fully saturated rings. The van der Waals surface area contributed by atoms with E-state index in [0.717, 1.165) is 16.9 Å². The molecule has 3 rings (SSSR count). The highest BCUT2D eigenvalue weighted by atomic mass is 16.5. The highest BCUT2D eigenvalue weighted by molar-refractivity contribution is 5.58. The lowest BCUT2D eigenvalue weighted by atomic mass is 10.2. The van der Waals surface area contributed by atoms with Crippen LogP contribution in [0.2, 0.25) is 0 Å². The van der Waals surface area contributed by atoms with Gasteiger partial charge in [0.15, 0.2) is 5.76 Å². The van der Waals surface area contributed by atoms with E-state index in [1.54, 1.807) is 24.2 Å². The summed E-state index contributed by atoms with van der Waals surface area (Å²) in [5.41, 5.74) is 1.90. The van der Waals surface area contributed by atoms with Crippen molar-refractivity contribution in [2.24, 2.45) is 0 Å². The zero-order valence-corrected chi connectivity index (χ0v) is 12.3. The molecule has 2 aromatic heterocycles. The zero-order valence-electron chi connectivity index (χ0n) is 12.3. The summed E-state index contributed by atoms with van der Waals surface area (Å²) < 4.78 is 12.7. The number of benzene rings is 1. The van der Waals surface area contributed by atoms with Crippen LogP contribution in [0.15, 0.2) is 47.3 Å². The maximum absolute atomic E-state index is 8.91. The third-order valence-electron chi connectivity index (χ3n) is 3.29. The van der Waals surface area contributed by atoms with Gasteiger partial charge in [-0.1, -0.05) is 12.1 Å². The van der Waals surface area contributed by atoms with E-state index in [1.807, 2.05) is 30.5 Å². The maximum Gasteiger partial charge on any atom is 0.216 e. The molecule has 2 heterocycles. The lowest BCUT2D eigenvalue weighted by Crippen LogP contribution is -1.99. The van der Waals surface area contributed by atoms with Gasteiger partial charge in [-0.05, 0) is 24.1 Å². The van der Waals surface area contributed by atoms with Gasteiger partial charge < -0.3 is 14.3 Å². The molecule has 0 aliphatic heterocycles. The monoisotopic (exact) mass is 299 g/mol. The molecule has 22 heavy (non-hydrogen) atoms. The fourth-order valence-corrected chi connectivity index (χ4v) is 2.18. The van der Waals surface area contributed by atoms with E-state index in [4.69, 9.17) is 14.3 Å². The molecule has 0 aliphatic rings. The topological polar surface area (TPSA) is 73.3 Å². The first-order valence-corrected chi connectivity index (χ1v) is 7.00. The van der Waals surface area contributed by atoms with E-state index >= 15 is 0 Å². The number of hydrogen-bond donors (Lipinski definition) is 1. The average Bonchev–Trinajstić information content (AvgIpc) is 3.18. The second kappa shape index (κ2) is 6.44. The van der Waals surface area contributed by atoms with Crippen LogP contribution in [0.1, 0.15) is 11.5 Å². The predicted octanol–water partition coefficient (Wildman–Crippen LogP) is 2.13. The van der Waals surface area contributed by atoms with Gasteiger partial charge in [-0.15, -0.1) is 0 Å². The Bertz CT molecular complexity index is 748. The molecule has 0 amide bonds. The molecule has 3 aromatic rings. The van der Waals surface area contributed by atoms with Gasteiger partial charge in [0.25, 0.3) is 0 Å². The first kappa shape index (κ1) is 14.3. The molecule has 1 N–H and O–H groups in total. The molecule has 6 heteroatoms. The molecule has 0 saturated heterocycles. The van der Waals surface area contributed by atoms with E-state index in [2.05, 4.69) is 10.1 Å². The molecule has 0 atom stereocenters. The number of methoxy groups -OCH3 is 1. The van der Waals surface area contributed by atoms with Crippen molar-refractivity contribution >= 4 is 0 Å². The summed E-state index contributed by atoms with van der Waals surface area (Å²) in [7, 11) is 1.63. The Morgan fingerprint density at radius 2 is 2.23 bits per heavy atom. The molecule has 6 nitrogen and oxygen atoms in total. The van der Waals surface area contributed by atoms with Crippen molar-refractivity contribution in [3.05, 3.63) is 54.3 Å². The fourth-order valence-electron chi connectivity index (χ4n) is 2.18. The van der Waals surface area contributed by atoms with Crippen LogP contribution < -0.4 is 4.74 Å². The number of rotatable bonds is 6. The Morgan fingerprint density at radius 3 is 3.05 bits per heavy atom. The van der Waals surface area contributed by atoms with Gasteiger partial charge in [-0.25, -0.2) is 4.98 Å². The molecule has 0 saturated carbocycles. The highest BCUT2D eigenvalue weighted by Crippen LogP contribution is 2.24. The van der Waals surface area contributed by atoms with Gasteiger partial charge in [0, 0.05) is 18.4 Å². The lowest BCUT2D eigenvalue weighted by Gasteiger charge is -2.01. The Kier molecular flexibility index (Phi) is 4.20. The summed E-state index contributed by atoms with van der Waals surface area (Å²) >= 11 is 0. The number of oxazole rings is 1. The molecular weight excluding hydrogens is 282 g/mol. The minimum atomic E-state index is 0.116. The van der Waals surface area contributed by atoms with Crippen molar-refractivity contribution in [3.8, 4) is 17.1 Å². The molecule has 114 valence electrons. The summed E-state index contributed by atoms with van der Waals surface area (Å²) in [6, 6.07) is 7.63. The summed E-state index contributed by atoms with van der Waals surface area (Å²) in [5, 5.41) is 13.1. The SMILES string of the molecule is COc1cccc(-c2cnc(Cn3cc(CCO)cn3)o2)c1. The first-order chi connectivity index (χ1) is 10.8. The molecule has 1 aromatic carbocycles. The molecule has 0 bridgehead atoms. The largest absolute Gasteiger partial charge is 0.497 e. The van der Waals surface area contributed by atoms with Crippen LogP contribution >= 0.6 is 0 Å². The predicted molar refractivity (Wildman–Crippen MR) is 80.6 cm³/mol. The van der Waals surface area contributed by atoms with Gasteiger partial charge in [-0.2, -0.15) is 5.10 Å². The van der Waals surface area contributed by atoms with Crippen molar-refractivity contribution in [1.82, 2.24) is 14.8 Å². The number of aliphatic hydroxyl groups excluding tert-OH is 1. The van der Waals surface area contributed by atoms with Crippen LogP contribution in [0, 0.1) is 0 Å². The van der Waals surface area contributed by atoms with Gasteiger partial charge in [0.05, 0.1) is 19.5 Å². The average molecular weight is 299 g/mol. The van der Waals surface area contributed by atoms with Crippen LogP contribution in [-0.4, -0.2) is 33.6 Å². The van der Waals surface area contributed by atoms with Crippen LogP contribution in [0.25, 0.3) is 11.3 Å². The van der Waals surface area contributed by atoms with E-state index in [0.29, 0.717) is 24.6 Å². The summed E-state index contributed by atoms with van der Waals surface area (Å²) in [6.45, 7) is 0.570. The fraction of sp³-hybridized carbons (Fsp3) is 0.250. The number of nitrogens with zero attached hydrogens (tertiary/aromatic N) is 3. The highest BCUT2D eigenvalue weighted by Gasteiger charge is 2.08. The number of aliphatic hydroxyl groups is 1. The smallest absolute Gasteiger partial charge is 0.216 e. The minimum absolute atomic E-state index is 0.116. The number of hydrogen-bond acceptors (Lipinski definition) is 5. The molecule has 0 unspecified atom stereocenters. The van der Waals surface area contributed by atoms with E-state index in [9.17, 15) is 0 Å². The van der Waals surface area contributed by atoms with Crippen LogP contribution in [0.5, 0.6) is 5.75 Å². The van der Waals surface area contributed by atoms with E-state index < -0.39 is 0 Å². The Morgan fingerprint density at radius 1 is 1.32 bits per heavy atom. The van der Waals surface area contributed by atoms with Gasteiger partial charge in [0.1, 0.15) is 12.3 Å². The van der Waals surface area contributed by atoms with Crippen molar-refractivity contribution in [2.75, 3.05) is 13.7 Å². The molecule has 0 aliphatic carbocycles. The molecule has 0 radical (unpaired) electrons. The normalized spacial score (nSPS) is 10.8. The standard InChI is InChI=1S/C16H17N3O3/c1-21-14-4-2-3-13(7-14)15-9-17-16(22-15)11-19-10-12(5-6-20)8-18-19/h2-4,7-10,20H,5-6,11H2,1H3. The third-order valence-corrected chi connectivity index (χ3v) is 3.29. The summed E-state index contributed by atoms with van der Waals surface area (Å²) in [5.74, 6) is 2.05. The number of aromatic nitrogens is 3. The minimum Gasteiger partial charge on any atom is -0.497 e. The van der Waals surface area contributed by atoms with Gasteiger partial charge in [-0.3, -0.25) is 4.68 Å². The van der Waals surface area contributed by atoms with Gasteiger partial charge in [0.2, 0.25) is 5.89 Å². The quantitative estimate of drug-likeness (QED) is 0.755. The summed E-state index contributed by atoms with van der Waals surface area (Å²) in [4.78, 5) is 4.28. The second-order valence-corrected chi connectivity index (χ2v) is 4.87. The maximum atomic E-state index is 8.91. The van der Waals surface area contributed by atoms with Crippen molar-refractivity contribution in [1.29, 1.82) is 0 Å². The number of ether oxygens (including phenoxy) is 1. The van der Waals surface area contributed by atoms with Crippen molar-refractivity contribution < 1.29 is 14.3 Å². The zero-order chi connectivity index (χ0) is 15.4. The molecule has 0 spiro atoms. The van der Waals surface area contributed by atoms with Crippen molar-refractivity contribution in [3.63, 3.8) is 0 Å². The van der Waals surface area contributed by atoms with Crippen LogP contribution in [0.4, 0.5) is 0 Å². The van der Waals surface area contributed by atoms with Crippen LogP contribution in [-0.2, 0) is 13.0 Å². The Hall–Kier alpha value is -2.60. The van der Waals surface area contributed by atoms with E-state index in [1.165, 1.54) is 0 Å². The Balaban J connectivity index is 1.75. The molecular formula is C16H17N3O3. The van der Waals surface area contributed by atoms with Crippen molar-refractivity contribution in [2.45, 2.75) is 13.0 Å². The second-order valence-electron chi connectivity index (χ2n) is 4.87. The summed E-state index contributed by atoms with van der Waals surface area (Å²) in [6.07, 6.45) is 5.91. The van der Waals surface area contributed by atoms with E-state index in [-0.39, 0.29) is 6.61 Å². The Labute approximate surface area is 128 Å². The van der Waals surface area contributed by atoms with Crippen LogP contribution in [0.3, 0.4) is 0 Å². The lowest BCUT2D eigenvalue weighted by molar-refractivity contribution is 0.299. The third kappa shape index (κ3) is 3.17. The van der Waals surface area contributed by atoms with Gasteiger partial charge >= 0.3 is 0 Å². The first-order valence-electron chi connectivity index (χ1n) is 7.00.